The van der Waals surface area contributed by atoms with Gasteiger partial charge in [-0.15, -0.1) is 0 Å². The molecule has 0 N–H and O–H groups in total. The zero-order chi connectivity index (χ0) is 11.6. The van der Waals surface area contributed by atoms with E-state index < -0.39 is 0 Å². The molecule has 1 atom stereocenters. The van der Waals surface area contributed by atoms with Crippen molar-refractivity contribution >= 4 is 5.69 Å². The van der Waals surface area contributed by atoms with Crippen LogP contribution in [-0.2, 0) is 4.74 Å². The van der Waals surface area contributed by atoms with Crippen molar-refractivity contribution in [1.82, 2.24) is 0 Å². The quantitative estimate of drug-likeness (QED) is 0.758. The van der Waals surface area contributed by atoms with Crippen LogP contribution in [0.25, 0.3) is 0 Å². The summed E-state index contributed by atoms with van der Waals surface area (Å²) in [6, 6.07) is 10.6. The van der Waals surface area contributed by atoms with Crippen molar-refractivity contribution in [3.63, 3.8) is 0 Å². The Morgan fingerprint density at radius 2 is 1.88 bits per heavy atom. The predicted molar refractivity (Wildman–Crippen MR) is 67.9 cm³/mol. The van der Waals surface area contributed by atoms with Gasteiger partial charge < -0.3 is 9.64 Å². The highest BCUT2D eigenvalue weighted by Gasteiger charge is 2.26. The van der Waals surface area contributed by atoms with Crippen LogP contribution in [0.5, 0.6) is 0 Å². The first-order valence-electron chi connectivity index (χ1n) is 6.02. The molecule has 1 fully saturated rings. The Kier molecular flexibility index (Phi) is 3.20. The maximum Gasteiger partial charge on any atom is 0.0773 e. The summed E-state index contributed by atoms with van der Waals surface area (Å²) in [5, 5.41) is 0. The van der Waals surface area contributed by atoms with Crippen molar-refractivity contribution in [1.29, 1.82) is 0 Å². The predicted octanol–water partition coefficient (Wildman–Crippen LogP) is 3.08. The van der Waals surface area contributed by atoms with Gasteiger partial charge in [-0.1, -0.05) is 18.2 Å². The molecular weight excluding hydrogens is 198 g/mol. The third kappa shape index (κ3) is 2.99. The van der Waals surface area contributed by atoms with E-state index in [1.54, 1.807) is 0 Å². The van der Waals surface area contributed by atoms with Crippen LogP contribution in [0, 0.1) is 0 Å². The van der Waals surface area contributed by atoms with Crippen molar-refractivity contribution in [2.45, 2.75) is 38.9 Å². The first-order valence-corrected chi connectivity index (χ1v) is 6.02. The van der Waals surface area contributed by atoms with Gasteiger partial charge in [-0.05, 0) is 39.3 Å². The maximum absolute atomic E-state index is 6.01. The standard InChI is InChI=1S/C14H21NO/c1-14(2,3)16-13-9-10-15(11-13)12-7-5-4-6-8-12/h4-8,13H,9-11H2,1-3H3. The molecule has 1 aromatic carbocycles. The lowest BCUT2D eigenvalue weighted by Gasteiger charge is -2.25. The van der Waals surface area contributed by atoms with Crippen LogP contribution < -0.4 is 4.90 Å². The van der Waals surface area contributed by atoms with Crippen LogP contribution in [0.4, 0.5) is 5.69 Å². The van der Waals surface area contributed by atoms with Crippen molar-refractivity contribution in [2.75, 3.05) is 18.0 Å². The molecule has 2 rings (SSSR count). The number of benzene rings is 1. The Bertz CT molecular complexity index is 328. The topological polar surface area (TPSA) is 12.5 Å². The van der Waals surface area contributed by atoms with Gasteiger partial charge in [0.1, 0.15) is 0 Å². The lowest BCUT2D eigenvalue weighted by Crippen LogP contribution is -2.30. The third-order valence-electron chi connectivity index (χ3n) is 2.79. The second-order valence-electron chi connectivity index (χ2n) is 5.42. The van der Waals surface area contributed by atoms with E-state index in [9.17, 15) is 0 Å². The summed E-state index contributed by atoms with van der Waals surface area (Å²) in [6.45, 7) is 8.49. The Labute approximate surface area is 98.2 Å². The molecule has 0 aliphatic carbocycles. The highest BCUT2D eigenvalue weighted by molar-refractivity contribution is 5.47. The summed E-state index contributed by atoms with van der Waals surface area (Å²) in [5.74, 6) is 0. The minimum Gasteiger partial charge on any atom is -0.371 e. The Morgan fingerprint density at radius 1 is 1.19 bits per heavy atom. The number of para-hydroxylation sites is 1. The minimum atomic E-state index is -0.0304. The van der Waals surface area contributed by atoms with E-state index in [-0.39, 0.29) is 5.60 Å². The molecule has 2 heteroatoms. The van der Waals surface area contributed by atoms with Gasteiger partial charge in [0.05, 0.1) is 11.7 Å². The largest absolute Gasteiger partial charge is 0.371 e. The molecule has 1 saturated heterocycles. The number of rotatable bonds is 2. The van der Waals surface area contributed by atoms with E-state index in [0.717, 1.165) is 19.5 Å². The molecule has 2 nitrogen and oxygen atoms in total. The van der Waals surface area contributed by atoms with Crippen molar-refractivity contribution < 1.29 is 4.74 Å². The molecule has 1 aromatic rings. The van der Waals surface area contributed by atoms with Crippen LogP contribution in [0.15, 0.2) is 30.3 Å². The number of nitrogens with zero attached hydrogens (tertiary/aromatic N) is 1. The molecule has 1 unspecified atom stereocenters. The molecule has 1 heterocycles. The van der Waals surface area contributed by atoms with Gasteiger partial charge in [0, 0.05) is 18.8 Å². The smallest absolute Gasteiger partial charge is 0.0773 e. The van der Waals surface area contributed by atoms with Crippen LogP contribution in [0.1, 0.15) is 27.2 Å². The van der Waals surface area contributed by atoms with Crippen molar-refractivity contribution in [3.05, 3.63) is 30.3 Å². The monoisotopic (exact) mass is 219 g/mol. The van der Waals surface area contributed by atoms with Gasteiger partial charge in [0.25, 0.3) is 0 Å². The normalized spacial score (nSPS) is 21.4. The number of hydrogen-bond acceptors (Lipinski definition) is 2. The summed E-state index contributed by atoms with van der Waals surface area (Å²) in [5.41, 5.74) is 1.28. The van der Waals surface area contributed by atoms with E-state index in [1.807, 2.05) is 0 Å². The van der Waals surface area contributed by atoms with Gasteiger partial charge in [0.15, 0.2) is 0 Å². The zero-order valence-corrected chi connectivity index (χ0v) is 10.4. The van der Waals surface area contributed by atoms with E-state index in [2.05, 4.69) is 56.0 Å². The first-order chi connectivity index (χ1) is 7.54. The van der Waals surface area contributed by atoms with Gasteiger partial charge in [-0.2, -0.15) is 0 Å². The summed E-state index contributed by atoms with van der Waals surface area (Å²) < 4.78 is 6.01. The molecule has 88 valence electrons. The summed E-state index contributed by atoms with van der Waals surface area (Å²) in [7, 11) is 0. The minimum absolute atomic E-state index is 0.0304. The van der Waals surface area contributed by atoms with Gasteiger partial charge in [-0.3, -0.25) is 0 Å². The highest BCUT2D eigenvalue weighted by atomic mass is 16.5. The first kappa shape index (κ1) is 11.5. The number of anilines is 1. The van der Waals surface area contributed by atoms with Crippen LogP contribution >= 0.6 is 0 Å². The number of ether oxygens (including phenoxy) is 1. The second kappa shape index (κ2) is 4.46. The van der Waals surface area contributed by atoms with E-state index in [0.29, 0.717) is 6.10 Å². The summed E-state index contributed by atoms with van der Waals surface area (Å²) in [6.07, 6.45) is 1.51. The molecule has 0 saturated carbocycles. The SMILES string of the molecule is CC(C)(C)OC1CCN(c2ccccc2)C1. The molecule has 1 aliphatic rings. The molecule has 1 aliphatic heterocycles. The number of hydrogen-bond donors (Lipinski definition) is 0. The highest BCUT2D eigenvalue weighted by Crippen LogP contribution is 2.24. The fourth-order valence-corrected chi connectivity index (χ4v) is 2.20. The fourth-order valence-electron chi connectivity index (χ4n) is 2.20. The molecule has 0 bridgehead atoms. The molecule has 0 radical (unpaired) electrons. The average Bonchev–Trinajstić information content (AvgIpc) is 2.65. The molecular formula is C14H21NO. The second-order valence-corrected chi connectivity index (χ2v) is 5.42. The maximum atomic E-state index is 6.01. The van der Waals surface area contributed by atoms with Crippen LogP contribution in [0.3, 0.4) is 0 Å². The Morgan fingerprint density at radius 3 is 2.50 bits per heavy atom. The van der Waals surface area contributed by atoms with Crippen molar-refractivity contribution in [2.24, 2.45) is 0 Å². The van der Waals surface area contributed by atoms with Gasteiger partial charge >= 0.3 is 0 Å². The fraction of sp³-hybridized carbons (Fsp3) is 0.571. The summed E-state index contributed by atoms with van der Waals surface area (Å²) >= 11 is 0. The lowest BCUT2D eigenvalue weighted by molar-refractivity contribution is -0.0492. The van der Waals surface area contributed by atoms with Crippen molar-refractivity contribution in [3.8, 4) is 0 Å². The van der Waals surface area contributed by atoms with E-state index >= 15 is 0 Å². The Hall–Kier alpha value is -1.02. The van der Waals surface area contributed by atoms with E-state index in [1.165, 1.54) is 5.69 Å². The van der Waals surface area contributed by atoms with Crippen LogP contribution in [-0.4, -0.2) is 24.8 Å². The lowest BCUT2D eigenvalue weighted by atomic mass is 10.2. The molecule has 0 spiro atoms. The van der Waals surface area contributed by atoms with Gasteiger partial charge in [-0.25, -0.2) is 0 Å². The van der Waals surface area contributed by atoms with Crippen LogP contribution in [0.2, 0.25) is 0 Å². The Balaban J connectivity index is 1.94. The molecule has 0 aromatic heterocycles. The average molecular weight is 219 g/mol. The third-order valence-corrected chi connectivity index (χ3v) is 2.79. The molecule has 0 amide bonds. The summed E-state index contributed by atoms with van der Waals surface area (Å²) in [4.78, 5) is 2.40. The zero-order valence-electron chi connectivity index (χ0n) is 10.4. The van der Waals surface area contributed by atoms with Gasteiger partial charge in [0.2, 0.25) is 0 Å². The molecule has 16 heavy (non-hydrogen) atoms. The van der Waals surface area contributed by atoms with E-state index in [4.69, 9.17) is 4.74 Å².